The molecule has 1 rings (SSSR count). The third-order valence-electron chi connectivity index (χ3n) is 2.12. The Balaban J connectivity index is 2.64. The highest BCUT2D eigenvalue weighted by Crippen LogP contribution is 2.10. The quantitative estimate of drug-likeness (QED) is 0.733. The zero-order chi connectivity index (χ0) is 12.0. The van der Waals surface area contributed by atoms with Gasteiger partial charge in [-0.25, -0.2) is 13.1 Å². The van der Waals surface area contributed by atoms with Gasteiger partial charge < -0.3 is 5.73 Å². The van der Waals surface area contributed by atoms with E-state index in [4.69, 9.17) is 5.73 Å². The van der Waals surface area contributed by atoms with Gasteiger partial charge in [0.1, 0.15) is 4.90 Å². The van der Waals surface area contributed by atoms with Crippen LogP contribution in [0.1, 0.15) is 26.2 Å². The van der Waals surface area contributed by atoms with E-state index in [0.29, 0.717) is 12.2 Å². The molecule has 6 heteroatoms. The highest BCUT2D eigenvalue weighted by molar-refractivity contribution is 7.89. The second-order valence-electron chi connectivity index (χ2n) is 3.56. The van der Waals surface area contributed by atoms with E-state index in [2.05, 4.69) is 16.6 Å². The number of aromatic nitrogens is 1. The Morgan fingerprint density at radius 3 is 2.75 bits per heavy atom. The molecule has 16 heavy (non-hydrogen) atoms. The zero-order valence-corrected chi connectivity index (χ0v) is 10.1. The summed E-state index contributed by atoms with van der Waals surface area (Å²) in [5.41, 5.74) is 5.82. The third kappa shape index (κ3) is 3.79. The predicted molar refractivity (Wildman–Crippen MR) is 63.4 cm³/mol. The Bertz CT molecular complexity index is 431. The van der Waals surface area contributed by atoms with Gasteiger partial charge in [-0.1, -0.05) is 19.8 Å². The van der Waals surface area contributed by atoms with Gasteiger partial charge in [0.15, 0.2) is 0 Å². The molecule has 0 saturated carbocycles. The Hall–Kier alpha value is -1.14. The van der Waals surface area contributed by atoms with Crippen molar-refractivity contribution in [2.24, 2.45) is 0 Å². The average molecular weight is 243 g/mol. The fraction of sp³-hybridized carbons (Fsp3) is 0.500. The summed E-state index contributed by atoms with van der Waals surface area (Å²) in [5.74, 6) is 0. The van der Waals surface area contributed by atoms with E-state index in [1.165, 1.54) is 18.5 Å². The van der Waals surface area contributed by atoms with Crippen molar-refractivity contribution in [2.75, 3.05) is 12.3 Å². The number of unbranched alkanes of at least 4 members (excludes halogenated alkanes) is 2. The van der Waals surface area contributed by atoms with Gasteiger partial charge in [0, 0.05) is 18.9 Å². The molecule has 0 aromatic carbocycles. The van der Waals surface area contributed by atoms with Crippen molar-refractivity contribution in [3.05, 3.63) is 18.5 Å². The van der Waals surface area contributed by atoms with Gasteiger partial charge in [0.05, 0.1) is 5.69 Å². The minimum absolute atomic E-state index is 0.115. The van der Waals surface area contributed by atoms with Crippen molar-refractivity contribution in [3.63, 3.8) is 0 Å². The molecule has 0 atom stereocenters. The molecule has 0 aliphatic carbocycles. The highest BCUT2D eigenvalue weighted by Gasteiger charge is 2.13. The Kier molecular flexibility index (Phi) is 4.70. The summed E-state index contributed by atoms with van der Waals surface area (Å²) in [4.78, 5) is 3.87. The van der Waals surface area contributed by atoms with E-state index in [0.717, 1.165) is 19.3 Å². The summed E-state index contributed by atoms with van der Waals surface area (Å²) in [6, 6.07) is 1.40. The van der Waals surface area contributed by atoms with Gasteiger partial charge in [-0.05, 0) is 12.5 Å². The number of rotatable bonds is 6. The summed E-state index contributed by atoms with van der Waals surface area (Å²) in [6.07, 6.45) is 5.61. The number of pyridine rings is 1. The van der Waals surface area contributed by atoms with Gasteiger partial charge in [-0.2, -0.15) is 0 Å². The standard InChI is InChI=1S/C10H17N3O2S/c1-2-3-4-5-13-16(14,15)10-6-9(11)7-12-8-10/h6-8,13H,2-5,11H2,1H3. The number of nitrogens with two attached hydrogens (primary N) is 1. The number of hydrogen-bond acceptors (Lipinski definition) is 4. The number of nitrogens with zero attached hydrogens (tertiary/aromatic N) is 1. The van der Waals surface area contributed by atoms with Crippen molar-refractivity contribution >= 4 is 15.7 Å². The number of hydrogen-bond donors (Lipinski definition) is 2. The molecule has 0 radical (unpaired) electrons. The molecule has 5 nitrogen and oxygen atoms in total. The van der Waals surface area contributed by atoms with Crippen LogP contribution in [0.3, 0.4) is 0 Å². The Morgan fingerprint density at radius 2 is 2.12 bits per heavy atom. The number of anilines is 1. The SMILES string of the molecule is CCCCCNS(=O)(=O)c1cncc(N)c1. The summed E-state index contributed by atoms with van der Waals surface area (Å²) in [5, 5.41) is 0. The molecule has 0 fully saturated rings. The molecule has 1 heterocycles. The van der Waals surface area contributed by atoms with E-state index < -0.39 is 10.0 Å². The first-order valence-corrected chi connectivity index (χ1v) is 6.75. The number of nitrogens with one attached hydrogen (secondary N) is 1. The van der Waals surface area contributed by atoms with Crippen molar-refractivity contribution in [1.29, 1.82) is 0 Å². The maximum Gasteiger partial charge on any atom is 0.242 e. The zero-order valence-electron chi connectivity index (χ0n) is 9.31. The van der Waals surface area contributed by atoms with Crippen molar-refractivity contribution in [3.8, 4) is 0 Å². The van der Waals surface area contributed by atoms with Crippen LogP contribution in [-0.4, -0.2) is 19.9 Å². The summed E-state index contributed by atoms with van der Waals surface area (Å²) < 4.78 is 26.0. The molecule has 0 spiro atoms. The molecule has 0 unspecified atom stereocenters. The van der Waals surface area contributed by atoms with Crippen LogP contribution in [-0.2, 0) is 10.0 Å². The maximum absolute atomic E-state index is 11.7. The minimum atomic E-state index is -3.46. The van der Waals surface area contributed by atoms with Crippen LogP contribution in [0.4, 0.5) is 5.69 Å². The van der Waals surface area contributed by atoms with Crippen LogP contribution >= 0.6 is 0 Å². The van der Waals surface area contributed by atoms with Gasteiger partial charge in [-0.3, -0.25) is 4.98 Å². The molecule has 0 aliphatic heterocycles. The molecule has 1 aromatic rings. The topological polar surface area (TPSA) is 85.1 Å². The molecule has 0 aliphatic rings. The molecular formula is C10H17N3O2S. The van der Waals surface area contributed by atoms with E-state index in [-0.39, 0.29) is 4.90 Å². The normalized spacial score (nSPS) is 11.6. The van der Waals surface area contributed by atoms with Crippen LogP contribution in [0, 0.1) is 0 Å². The van der Waals surface area contributed by atoms with E-state index >= 15 is 0 Å². The first-order valence-electron chi connectivity index (χ1n) is 5.26. The van der Waals surface area contributed by atoms with E-state index in [1.807, 2.05) is 0 Å². The summed E-state index contributed by atoms with van der Waals surface area (Å²) >= 11 is 0. The van der Waals surface area contributed by atoms with Gasteiger partial charge in [0.2, 0.25) is 10.0 Å². The van der Waals surface area contributed by atoms with Crippen molar-refractivity contribution in [1.82, 2.24) is 9.71 Å². The van der Waals surface area contributed by atoms with E-state index in [1.54, 1.807) is 0 Å². The monoisotopic (exact) mass is 243 g/mol. The average Bonchev–Trinajstić information content (AvgIpc) is 2.24. The lowest BCUT2D eigenvalue weighted by atomic mass is 10.3. The molecule has 1 aromatic heterocycles. The van der Waals surface area contributed by atoms with Crippen LogP contribution in [0.2, 0.25) is 0 Å². The van der Waals surface area contributed by atoms with Gasteiger partial charge in [0.25, 0.3) is 0 Å². The molecule has 0 amide bonds. The second kappa shape index (κ2) is 5.81. The lowest BCUT2D eigenvalue weighted by Crippen LogP contribution is -2.25. The van der Waals surface area contributed by atoms with E-state index in [9.17, 15) is 8.42 Å². The minimum Gasteiger partial charge on any atom is -0.397 e. The third-order valence-corrected chi connectivity index (χ3v) is 3.55. The van der Waals surface area contributed by atoms with Gasteiger partial charge in [-0.15, -0.1) is 0 Å². The fourth-order valence-electron chi connectivity index (χ4n) is 1.25. The van der Waals surface area contributed by atoms with Crippen LogP contribution in [0.15, 0.2) is 23.4 Å². The maximum atomic E-state index is 11.7. The molecule has 0 bridgehead atoms. The molecular weight excluding hydrogens is 226 g/mol. The van der Waals surface area contributed by atoms with Crippen molar-refractivity contribution in [2.45, 2.75) is 31.1 Å². The Labute approximate surface area is 96.1 Å². The predicted octanol–water partition coefficient (Wildman–Crippen LogP) is 1.13. The summed E-state index contributed by atoms with van der Waals surface area (Å²) in [6.45, 7) is 2.52. The molecule has 3 N–H and O–H groups in total. The number of nitrogen functional groups attached to an aromatic ring is 1. The molecule has 90 valence electrons. The lowest BCUT2D eigenvalue weighted by Gasteiger charge is -2.06. The lowest BCUT2D eigenvalue weighted by molar-refractivity contribution is 0.575. The first-order chi connectivity index (χ1) is 7.56. The first kappa shape index (κ1) is 12.9. The van der Waals surface area contributed by atoms with Crippen LogP contribution in [0.25, 0.3) is 0 Å². The van der Waals surface area contributed by atoms with Crippen LogP contribution < -0.4 is 10.5 Å². The summed E-state index contributed by atoms with van der Waals surface area (Å²) in [7, 11) is -3.46. The highest BCUT2D eigenvalue weighted by atomic mass is 32.2. The molecule has 0 saturated heterocycles. The van der Waals surface area contributed by atoms with Crippen molar-refractivity contribution < 1.29 is 8.42 Å². The fourth-order valence-corrected chi connectivity index (χ4v) is 2.32. The largest absolute Gasteiger partial charge is 0.397 e. The smallest absolute Gasteiger partial charge is 0.242 e. The van der Waals surface area contributed by atoms with Gasteiger partial charge >= 0.3 is 0 Å². The second-order valence-corrected chi connectivity index (χ2v) is 5.33. The number of sulfonamides is 1. The van der Waals surface area contributed by atoms with Crippen LogP contribution in [0.5, 0.6) is 0 Å². The Morgan fingerprint density at radius 1 is 1.38 bits per heavy atom.